The molecule has 1 aliphatic rings. The summed E-state index contributed by atoms with van der Waals surface area (Å²) in [6.45, 7) is 0. The molecule has 0 amide bonds. The van der Waals surface area contributed by atoms with Crippen molar-refractivity contribution < 1.29 is 4.39 Å². The molecule has 1 aromatic rings. The van der Waals surface area contributed by atoms with Crippen LogP contribution in [0.15, 0.2) is 18.2 Å². The van der Waals surface area contributed by atoms with E-state index < -0.39 is 0 Å². The number of rotatable bonds is 2. The van der Waals surface area contributed by atoms with Crippen LogP contribution in [0.3, 0.4) is 0 Å². The number of anilines is 1. The zero-order valence-electron chi connectivity index (χ0n) is 8.60. The second-order valence-corrected chi connectivity index (χ2v) is 4.51. The first-order valence-corrected chi connectivity index (χ1v) is 5.85. The van der Waals surface area contributed by atoms with Crippen LogP contribution in [-0.4, -0.2) is 6.04 Å². The summed E-state index contributed by atoms with van der Waals surface area (Å²) >= 11 is 5.99. The van der Waals surface area contributed by atoms with Gasteiger partial charge in [0.2, 0.25) is 0 Å². The van der Waals surface area contributed by atoms with Crippen molar-refractivity contribution in [2.24, 2.45) is 0 Å². The van der Waals surface area contributed by atoms with Gasteiger partial charge in [-0.05, 0) is 31.0 Å². The Hall–Kier alpha value is -0.760. The predicted octanol–water partition coefficient (Wildman–Crippen LogP) is 4.22. The van der Waals surface area contributed by atoms with Crippen LogP contribution in [0.2, 0.25) is 5.02 Å². The summed E-state index contributed by atoms with van der Waals surface area (Å²) in [6, 6.07) is 4.91. The molecule has 0 spiro atoms. The van der Waals surface area contributed by atoms with Gasteiger partial charge in [-0.15, -0.1) is 0 Å². The molecule has 1 aliphatic carbocycles. The van der Waals surface area contributed by atoms with Crippen molar-refractivity contribution in [1.82, 2.24) is 0 Å². The Morgan fingerprint density at radius 1 is 1.20 bits per heavy atom. The van der Waals surface area contributed by atoms with Gasteiger partial charge in [-0.3, -0.25) is 0 Å². The van der Waals surface area contributed by atoms with E-state index in [-0.39, 0.29) is 5.82 Å². The average molecular weight is 228 g/mol. The van der Waals surface area contributed by atoms with Crippen molar-refractivity contribution in [3.8, 4) is 0 Å². The van der Waals surface area contributed by atoms with E-state index in [4.69, 9.17) is 11.6 Å². The first-order valence-electron chi connectivity index (χ1n) is 5.47. The van der Waals surface area contributed by atoms with Crippen LogP contribution in [0.5, 0.6) is 0 Å². The van der Waals surface area contributed by atoms with Crippen LogP contribution in [0, 0.1) is 5.82 Å². The van der Waals surface area contributed by atoms with Gasteiger partial charge >= 0.3 is 0 Å². The van der Waals surface area contributed by atoms with Crippen LogP contribution in [0.1, 0.15) is 32.1 Å². The first-order chi connectivity index (χ1) is 7.25. The first kappa shape index (κ1) is 10.7. The summed E-state index contributed by atoms with van der Waals surface area (Å²) in [4.78, 5) is 0. The lowest BCUT2D eigenvalue weighted by molar-refractivity contribution is 0.462. The normalized spacial score (nSPS) is 17.7. The lowest BCUT2D eigenvalue weighted by Crippen LogP contribution is -2.22. The van der Waals surface area contributed by atoms with Crippen molar-refractivity contribution in [2.45, 2.75) is 38.1 Å². The van der Waals surface area contributed by atoms with Crippen molar-refractivity contribution in [3.05, 3.63) is 29.0 Å². The summed E-state index contributed by atoms with van der Waals surface area (Å²) in [6.07, 6.45) is 6.14. The number of benzene rings is 1. The van der Waals surface area contributed by atoms with Crippen LogP contribution in [0.4, 0.5) is 10.1 Å². The monoisotopic (exact) mass is 227 g/mol. The Bertz CT molecular complexity index is 334. The lowest BCUT2D eigenvalue weighted by atomic mass is 9.95. The molecule has 0 unspecified atom stereocenters. The Morgan fingerprint density at radius 2 is 1.93 bits per heavy atom. The minimum Gasteiger partial charge on any atom is -0.381 e. The van der Waals surface area contributed by atoms with Crippen molar-refractivity contribution in [2.75, 3.05) is 5.32 Å². The third-order valence-corrected chi connectivity index (χ3v) is 3.22. The molecule has 1 fully saturated rings. The number of nitrogens with one attached hydrogen (secondary N) is 1. The molecule has 82 valence electrons. The maximum atomic E-state index is 13.0. The quantitative estimate of drug-likeness (QED) is 0.798. The molecule has 1 aromatic carbocycles. The average Bonchev–Trinajstić information content (AvgIpc) is 2.25. The molecule has 15 heavy (non-hydrogen) atoms. The summed E-state index contributed by atoms with van der Waals surface area (Å²) in [5.74, 6) is -0.238. The van der Waals surface area contributed by atoms with Gasteiger partial charge in [0.25, 0.3) is 0 Å². The van der Waals surface area contributed by atoms with Crippen molar-refractivity contribution in [3.63, 3.8) is 0 Å². The highest BCUT2D eigenvalue weighted by Crippen LogP contribution is 2.27. The number of hydrogen-bond donors (Lipinski definition) is 1. The largest absolute Gasteiger partial charge is 0.381 e. The molecule has 0 bridgehead atoms. The highest BCUT2D eigenvalue weighted by molar-refractivity contribution is 6.33. The van der Waals surface area contributed by atoms with Crippen LogP contribution >= 0.6 is 11.6 Å². The number of halogens is 2. The lowest BCUT2D eigenvalue weighted by Gasteiger charge is -2.24. The molecule has 1 N–H and O–H groups in total. The van der Waals surface area contributed by atoms with Gasteiger partial charge in [0, 0.05) is 6.04 Å². The number of hydrogen-bond acceptors (Lipinski definition) is 1. The van der Waals surface area contributed by atoms with Gasteiger partial charge in [-0.2, -0.15) is 0 Å². The van der Waals surface area contributed by atoms with Crippen LogP contribution in [0.25, 0.3) is 0 Å². The van der Waals surface area contributed by atoms with Gasteiger partial charge in [-0.1, -0.05) is 30.9 Å². The van der Waals surface area contributed by atoms with E-state index in [1.54, 1.807) is 6.07 Å². The smallest absolute Gasteiger partial charge is 0.125 e. The molecule has 3 heteroatoms. The standard InChI is InChI=1S/C12H15ClFN/c13-11-7-6-9(14)8-12(11)15-10-4-2-1-3-5-10/h6-8,10,15H,1-5H2. The topological polar surface area (TPSA) is 12.0 Å². The second kappa shape index (κ2) is 4.84. The predicted molar refractivity (Wildman–Crippen MR) is 61.9 cm³/mol. The van der Waals surface area contributed by atoms with E-state index in [9.17, 15) is 4.39 Å². The summed E-state index contributed by atoms with van der Waals surface area (Å²) in [5, 5.41) is 3.92. The Labute approximate surface area is 94.6 Å². The summed E-state index contributed by atoms with van der Waals surface area (Å²) in [7, 11) is 0. The van der Waals surface area contributed by atoms with E-state index in [1.807, 2.05) is 0 Å². The Balaban J connectivity index is 2.05. The minimum atomic E-state index is -0.238. The summed E-state index contributed by atoms with van der Waals surface area (Å²) in [5.41, 5.74) is 0.726. The van der Waals surface area contributed by atoms with Crippen LogP contribution in [-0.2, 0) is 0 Å². The fraction of sp³-hybridized carbons (Fsp3) is 0.500. The highest BCUT2D eigenvalue weighted by atomic mass is 35.5. The zero-order valence-corrected chi connectivity index (χ0v) is 9.36. The van der Waals surface area contributed by atoms with Gasteiger partial charge in [0.05, 0.1) is 10.7 Å². The van der Waals surface area contributed by atoms with Crippen LogP contribution < -0.4 is 5.32 Å². The molecule has 0 atom stereocenters. The maximum absolute atomic E-state index is 13.0. The molecule has 0 aliphatic heterocycles. The van der Waals surface area contributed by atoms with Gasteiger partial charge in [0.15, 0.2) is 0 Å². The zero-order chi connectivity index (χ0) is 10.7. The fourth-order valence-corrected chi connectivity index (χ4v) is 2.25. The summed E-state index contributed by atoms with van der Waals surface area (Å²) < 4.78 is 13.0. The SMILES string of the molecule is Fc1ccc(Cl)c(NC2CCCCC2)c1. The molecule has 1 saturated carbocycles. The van der Waals surface area contributed by atoms with Gasteiger partial charge in [0.1, 0.15) is 5.82 Å². The Kier molecular flexibility index (Phi) is 3.47. The second-order valence-electron chi connectivity index (χ2n) is 4.10. The molecular weight excluding hydrogens is 213 g/mol. The fourth-order valence-electron chi connectivity index (χ4n) is 2.07. The van der Waals surface area contributed by atoms with Crippen molar-refractivity contribution >= 4 is 17.3 Å². The minimum absolute atomic E-state index is 0.238. The van der Waals surface area contributed by atoms with E-state index in [2.05, 4.69) is 5.32 Å². The molecule has 0 heterocycles. The van der Waals surface area contributed by atoms with Gasteiger partial charge in [-0.25, -0.2) is 4.39 Å². The molecule has 0 aromatic heterocycles. The van der Waals surface area contributed by atoms with E-state index >= 15 is 0 Å². The third kappa shape index (κ3) is 2.85. The van der Waals surface area contributed by atoms with E-state index in [1.165, 1.54) is 31.4 Å². The molecular formula is C12H15ClFN. The molecule has 2 rings (SSSR count). The maximum Gasteiger partial charge on any atom is 0.125 e. The van der Waals surface area contributed by atoms with E-state index in [0.29, 0.717) is 11.1 Å². The van der Waals surface area contributed by atoms with E-state index in [0.717, 1.165) is 18.5 Å². The van der Waals surface area contributed by atoms with Gasteiger partial charge < -0.3 is 5.32 Å². The Morgan fingerprint density at radius 3 is 2.67 bits per heavy atom. The third-order valence-electron chi connectivity index (χ3n) is 2.89. The molecule has 1 nitrogen and oxygen atoms in total. The van der Waals surface area contributed by atoms with Crippen molar-refractivity contribution in [1.29, 1.82) is 0 Å². The molecule has 0 saturated heterocycles. The molecule has 0 radical (unpaired) electrons. The highest BCUT2D eigenvalue weighted by Gasteiger charge is 2.14.